The summed E-state index contributed by atoms with van der Waals surface area (Å²) in [6.45, 7) is 4.23. The van der Waals surface area contributed by atoms with Gasteiger partial charge in [-0.15, -0.1) is 5.92 Å². The van der Waals surface area contributed by atoms with Crippen molar-refractivity contribution in [2.45, 2.75) is 58.5 Å². The number of benzene rings is 2. The van der Waals surface area contributed by atoms with Crippen LogP contribution in [0, 0.1) is 11.8 Å². The zero-order valence-electron chi connectivity index (χ0n) is 17.1. The topological polar surface area (TPSA) is 37.3 Å². The molecule has 2 rings (SSSR count). The van der Waals surface area contributed by atoms with Gasteiger partial charge in [0.2, 0.25) is 0 Å². The van der Waals surface area contributed by atoms with E-state index in [1.54, 1.807) is 6.08 Å². The lowest BCUT2D eigenvalue weighted by Crippen LogP contribution is -1.92. The fraction of sp³-hybridized carbons (Fsp3) is 0.346. The molecule has 2 aromatic rings. The number of carbonyl (C=O) groups excluding carboxylic acids is 1. The van der Waals surface area contributed by atoms with E-state index in [1.807, 2.05) is 66.7 Å². The van der Waals surface area contributed by atoms with Crippen LogP contribution in [0.25, 0.3) is 6.08 Å². The second-order valence-corrected chi connectivity index (χ2v) is 6.55. The van der Waals surface area contributed by atoms with Crippen molar-refractivity contribution in [3.8, 4) is 11.8 Å². The molecule has 0 aliphatic heterocycles. The van der Waals surface area contributed by atoms with Crippen LogP contribution in [0.1, 0.15) is 69.6 Å². The second kappa shape index (κ2) is 15.4. The smallest absolute Gasteiger partial charge is 0.155 e. The molecule has 2 nitrogen and oxygen atoms in total. The Morgan fingerprint density at radius 2 is 1.57 bits per heavy atom. The van der Waals surface area contributed by atoms with Crippen molar-refractivity contribution in [3.63, 3.8) is 0 Å². The summed E-state index contributed by atoms with van der Waals surface area (Å²) in [6.07, 6.45) is 8.77. The molecule has 1 atom stereocenters. The Morgan fingerprint density at radius 1 is 0.964 bits per heavy atom. The summed E-state index contributed by atoms with van der Waals surface area (Å²) in [7, 11) is 0. The van der Waals surface area contributed by atoms with Gasteiger partial charge in [-0.2, -0.15) is 0 Å². The number of hydrogen-bond acceptors (Lipinski definition) is 2. The Labute approximate surface area is 170 Å². The third-order valence-electron chi connectivity index (χ3n) is 4.05. The first-order chi connectivity index (χ1) is 13.7. The van der Waals surface area contributed by atoms with Crippen LogP contribution in [-0.2, 0) is 4.79 Å². The van der Waals surface area contributed by atoms with Crippen molar-refractivity contribution >= 4 is 11.9 Å². The van der Waals surface area contributed by atoms with Gasteiger partial charge in [-0.25, -0.2) is 0 Å². The van der Waals surface area contributed by atoms with Crippen molar-refractivity contribution in [1.29, 1.82) is 0 Å². The largest absolute Gasteiger partial charge is 0.376 e. The molecule has 2 aromatic carbocycles. The lowest BCUT2D eigenvalue weighted by atomic mass is 10.1. The quantitative estimate of drug-likeness (QED) is 0.330. The minimum absolute atomic E-state index is 0.218. The molecule has 0 aromatic heterocycles. The maximum atomic E-state index is 11.3. The SMILES string of the molecule is CCCCC#CC(O)c1ccccc1.CCCCC(=O)/C=C/c1ccccc1. The highest BCUT2D eigenvalue weighted by Crippen LogP contribution is 2.10. The Balaban J connectivity index is 0.000000280. The van der Waals surface area contributed by atoms with Gasteiger partial charge in [0, 0.05) is 12.8 Å². The number of ketones is 1. The van der Waals surface area contributed by atoms with Gasteiger partial charge in [-0.3, -0.25) is 4.79 Å². The number of carbonyl (C=O) groups is 1. The molecule has 0 fully saturated rings. The van der Waals surface area contributed by atoms with Crippen LogP contribution < -0.4 is 0 Å². The van der Waals surface area contributed by atoms with Crippen molar-refractivity contribution in [2.75, 3.05) is 0 Å². The molecule has 0 aliphatic rings. The number of rotatable bonds is 8. The number of aliphatic hydroxyl groups is 1. The van der Waals surface area contributed by atoms with E-state index < -0.39 is 6.10 Å². The molecule has 28 heavy (non-hydrogen) atoms. The maximum Gasteiger partial charge on any atom is 0.155 e. The van der Waals surface area contributed by atoms with E-state index in [0.29, 0.717) is 6.42 Å². The molecular formula is C26H32O2. The zero-order valence-corrected chi connectivity index (χ0v) is 17.1. The molecule has 0 spiro atoms. The summed E-state index contributed by atoms with van der Waals surface area (Å²) in [6, 6.07) is 19.4. The van der Waals surface area contributed by atoms with Crippen molar-refractivity contribution < 1.29 is 9.90 Å². The Kier molecular flexibility index (Phi) is 12.9. The molecule has 0 amide bonds. The van der Waals surface area contributed by atoms with Crippen LogP contribution in [0.4, 0.5) is 0 Å². The van der Waals surface area contributed by atoms with Gasteiger partial charge in [0.1, 0.15) is 6.10 Å². The van der Waals surface area contributed by atoms with E-state index in [4.69, 9.17) is 0 Å². The normalized spacial score (nSPS) is 11.1. The molecule has 0 radical (unpaired) electrons. The summed E-state index contributed by atoms with van der Waals surface area (Å²) < 4.78 is 0. The minimum Gasteiger partial charge on any atom is -0.376 e. The van der Waals surface area contributed by atoms with E-state index in [9.17, 15) is 9.90 Å². The van der Waals surface area contributed by atoms with Crippen LogP contribution in [0.2, 0.25) is 0 Å². The van der Waals surface area contributed by atoms with Crippen molar-refractivity contribution in [2.24, 2.45) is 0 Å². The third-order valence-corrected chi connectivity index (χ3v) is 4.05. The monoisotopic (exact) mass is 376 g/mol. The molecule has 0 bridgehead atoms. The minimum atomic E-state index is -0.631. The predicted molar refractivity (Wildman–Crippen MR) is 119 cm³/mol. The summed E-state index contributed by atoms with van der Waals surface area (Å²) >= 11 is 0. The van der Waals surface area contributed by atoms with E-state index >= 15 is 0 Å². The Morgan fingerprint density at radius 3 is 2.18 bits per heavy atom. The maximum absolute atomic E-state index is 11.3. The van der Waals surface area contributed by atoms with Crippen LogP contribution >= 0.6 is 0 Å². The number of unbranched alkanes of at least 4 members (excludes halogenated alkanes) is 3. The van der Waals surface area contributed by atoms with Gasteiger partial charge in [-0.1, -0.05) is 99.3 Å². The highest BCUT2D eigenvalue weighted by Gasteiger charge is 2.00. The van der Waals surface area contributed by atoms with Gasteiger partial charge in [-0.05, 0) is 30.0 Å². The molecular weight excluding hydrogens is 344 g/mol. The summed E-state index contributed by atoms with van der Waals surface area (Å²) in [5.74, 6) is 6.04. The fourth-order valence-electron chi connectivity index (χ4n) is 2.34. The standard InChI is InChI=1S/2C13H16O/c1-2-3-9-13(14)11-10-12-7-5-4-6-8-12;1-2-3-4-8-11-13(14)12-9-6-5-7-10-12/h4-8,10-11H,2-3,9H2,1H3;5-7,9-10,13-14H,2-4H2,1H3/b11-10+;. The van der Waals surface area contributed by atoms with Crippen LogP contribution in [0.15, 0.2) is 66.7 Å². The first kappa shape index (κ1) is 23.4. The zero-order chi connectivity index (χ0) is 20.5. The molecule has 0 saturated carbocycles. The van der Waals surface area contributed by atoms with Crippen LogP contribution in [0.5, 0.6) is 0 Å². The molecule has 0 heterocycles. The highest BCUT2D eigenvalue weighted by atomic mass is 16.3. The van der Waals surface area contributed by atoms with Gasteiger partial charge in [0.15, 0.2) is 5.78 Å². The van der Waals surface area contributed by atoms with Crippen LogP contribution in [-0.4, -0.2) is 10.9 Å². The average molecular weight is 377 g/mol. The molecule has 0 saturated heterocycles. The highest BCUT2D eigenvalue weighted by molar-refractivity contribution is 5.93. The van der Waals surface area contributed by atoms with Gasteiger partial charge < -0.3 is 5.11 Å². The molecule has 1 N–H and O–H groups in total. The van der Waals surface area contributed by atoms with E-state index in [1.165, 1.54) is 0 Å². The van der Waals surface area contributed by atoms with E-state index in [2.05, 4.69) is 25.7 Å². The van der Waals surface area contributed by atoms with Gasteiger partial charge in [0.05, 0.1) is 0 Å². The van der Waals surface area contributed by atoms with E-state index in [-0.39, 0.29) is 5.78 Å². The second-order valence-electron chi connectivity index (χ2n) is 6.55. The van der Waals surface area contributed by atoms with Gasteiger partial charge in [0.25, 0.3) is 0 Å². The number of hydrogen-bond donors (Lipinski definition) is 1. The number of allylic oxidation sites excluding steroid dienone is 1. The average Bonchev–Trinajstić information content (AvgIpc) is 2.75. The fourth-order valence-corrected chi connectivity index (χ4v) is 2.34. The molecule has 0 aliphatic carbocycles. The first-order valence-electron chi connectivity index (χ1n) is 10.1. The molecule has 2 heteroatoms. The molecule has 148 valence electrons. The lowest BCUT2D eigenvalue weighted by Gasteiger charge is -2.01. The predicted octanol–water partition coefficient (Wildman–Crippen LogP) is 6.37. The summed E-state index contributed by atoms with van der Waals surface area (Å²) in [5, 5.41) is 9.65. The summed E-state index contributed by atoms with van der Waals surface area (Å²) in [4.78, 5) is 11.3. The van der Waals surface area contributed by atoms with E-state index in [0.717, 1.165) is 43.2 Å². The van der Waals surface area contributed by atoms with Crippen molar-refractivity contribution in [1.82, 2.24) is 0 Å². The Hall–Kier alpha value is -2.63. The first-order valence-corrected chi connectivity index (χ1v) is 10.1. The molecule has 1 unspecified atom stereocenters. The summed E-state index contributed by atoms with van der Waals surface area (Å²) in [5.41, 5.74) is 1.95. The van der Waals surface area contributed by atoms with Crippen LogP contribution in [0.3, 0.4) is 0 Å². The third kappa shape index (κ3) is 11.2. The number of aliphatic hydroxyl groups excluding tert-OH is 1. The lowest BCUT2D eigenvalue weighted by molar-refractivity contribution is -0.114. The van der Waals surface area contributed by atoms with Gasteiger partial charge >= 0.3 is 0 Å². The Bertz CT molecular complexity index is 736. The van der Waals surface area contributed by atoms with Crippen molar-refractivity contribution in [3.05, 3.63) is 77.9 Å².